The molecule has 0 radical (unpaired) electrons. The van der Waals surface area contributed by atoms with Gasteiger partial charge in [0.05, 0.1) is 44.5 Å². The maximum absolute atomic E-state index is 14.0. The summed E-state index contributed by atoms with van der Waals surface area (Å²) in [6.45, 7) is 41.4. The third kappa shape index (κ3) is 29.1. The van der Waals surface area contributed by atoms with Crippen molar-refractivity contribution < 1.29 is 126 Å². The van der Waals surface area contributed by atoms with Crippen LogP contribution in [-0.4, -0.2) is 104 Å². The van der Waals surface area contributed by atoms with E-state index in [9.17, 15) is 47.9 Å². The van der Waals surface area contributed by atoms with Gasteiger partial charge >= 0.3 is 47.8 Å². The topological polar surface area (TPSA) is 318 Å². The van der Waals surface area contributed by atoms with Gasteiger partial charge in [-0.05, 0) is 213 Å². The minimum Gasteiger partial charge on any atom is -0.292 e. The second-order valence-electron chi connectivity index (χ2n) is 29.8. The first-order valence-corrected chi connectivity index (χ1v) is 32.8. The molecule has 0 unspecified atom stereocenters. The molecule has 0 saturated heterocycles. The van der Waals surface area contributed by atoms with Gasteiger partial charge in [0.1, 0.15) is 44.8 Å². The molecule has 0 aromatic heterocycles. The van der Waals surface area contributed by atoms with Crippen molar-refractivity contribution in [3.8, 4) is 0 Å². The third-order valence-corrected chi connectivity index (χ3v) is 13.1. The molecule has 4 aromatic rings. The molecule has 0 amide bonds. The first kappa shape index (κ1) is 85.9. The Balaban J connectivity index is 0.000000527. The standard InChI is InChI=1S/C41H58O13.C33H42O13/c1-13-21-38(5,6)51-47-34(43)29-19-17-27(25-31(29)36(45)49-53-40(9,10)23-15-3)33(42)28-18-20-30(35(44)48-52-39(7,8)22-14-2)32(26-28)37(46)50-54-41(11,12)24-16-4;1-30(2,3)43-39-26(35)21-15-13-19(17-23(21)28(37)41-45-32(7,8)9)25(34)20-14-16-22(27(36)40-44-31(4,5)6)24(18-20)29(38)42-46-33(10,11)12/h17-20,25-26H,13-16,21-24H2,1-12H3;13-18H,1-12H3. The molecular weight excluding hydrogens is 1300 g/mol. The Morgan fingerprint density at radius 3 is 0.530 bits per heavy atom. The Hall–Kier alpha value is -8.34. The van der Waals surface area contributed by atoms with Gasteiger partial charge in [0.15, 0.2) is 11.6 Å². The van der Waals surface area contributed by atoms with Gasteiger partial charge < -0.3 is 0 Å². The van der Waals surface area contributed by atoms with Gasteiger partial charge in [-0.15, -0.1) is 0 Å². The van der Waals surface area contributed by atoms with Crippen molar-refractivity contribution in [2.24, 2.45) is 0 Å². The average molecular weight is 1410 g/mol. The van der Waals surface area contributed by atoms with E-state index in [0.29, 0.717) is 25.7 Å². The number of hydrogen-bond donors (Lipinski definition) is 0. The van der Waals surface area contributed by atoms with Crippen molar-refractivity contribution in [3.05, 3.63) is 140 Å². The third-order valence-electron chi connectivity index (χ3n) is 13.1. The Bertz CT molecular complexity index is 3320. The number of ketones is 2. The zero-order chi connectivity index (χ0) is 76.2. The van der Waals surface area contributed by atoms with Crippen LogP contribution in [0.3, 0.4) is 0 Å². The summed E-state index contributed by atoms with van der Waals surface area (Å²) in [4.78, 5) is 215. The molecule has 0 aliphatic rings. The number of rotatable bonds is 32. The number of benzene rings is 4. The number of carbonyl (C=O) groups is 10. The quantitative estimate of drug-likeness (QED) is 0.0249. The van der Waals surface area contributed by atoms with Gasteiger partial charge in [0, 0.05) is 22.3 Å². The van der Waals surface area contributed by atoms with E-state index >= 15 is 0 Å². The molecule has 26 nitrogen and oxygen atoms in total. The molecule has 0 bridgehead atoms. The predicted molar refractivity (Wildman–Crippen MR) is 360 cm³/mol. The van der Waals surface area contributed by atoms with Gasteiger partial charge in [0.2, 0.25) is 0 Å². The monoisotopic (exact) mass is 1400 g/mol. The summed E-state index contributed by atoms with van der Waals surface area (Å²) in [5, 5.41) is 0. The molecule has 0 fully saturated rings. The van der Waals surface area contributed by atoms with Gasteiger partial charge in [-0.1, -0.05) is 77.6 Å². The maximum Gasteiger partial charge on any atom is 0.374 e. The van der Waals surface area contributed by atoms with E-state index < -0.39 is 104 Å². The molecule has 0 aliphatic heterocycles. The highest BCUT2D eigenvalue weighted by atomic mass is 17.2. The smallest absolute Gasteiger partial charge is 0.292 e. The lowest BCUT2D eigenvalue weighted by atomic mass is 9.95. The predicted octanol–water partition coefficient (Wildman–Crippen LogP) is 16.1. The molecule has 4 aromatic carbocycles. The van der Waals surface area contributed by atoms with E-state index in [1.807, 2.05) is 27.7 Å². The van der Waals surface area contributed by atoms with Crippen molar-refractivity contribution in [2.45, 2.75) is 262 Å². The lowest BCUT2D eigenvalue weighted by Gasteiger charge is -2.23. The fourth-order valence-electron chi connectivity index (χ4n) is 8.65. The fraction of sp³-hybridized carbons (Fsp3) is 0.541. The van der Waals surface area contributed by atoms with Gasteiger partial charge in [0.25, 0.3) is 0 Å². The largest absolute Gasteiger partial charge is 0.374 e. The molecule has 552 valence electrons. The fourth-order valence-corrected chi connectivity index (χ4v) is 8.65. The van der Waals surface area contributed by atoms with Crippen LogP contribution in [0.25, 0.3) is 0 Å². The molecular formula is C74H100O26. The van der Waals surface area contributed by atoms with E-state index in [4.69, 9.17) is 78.2 Å². The average Bonchev–Trinajstić information content (AvgIpc) is 0.800. The van der Waals surface area contributed by atoms with Crippen LogP contribution in [0.1, 0.15) is 332 Å². The Kier molecular flexibility index (Phi) is 31.2. The lowest BCUT2D eigenvalue weighted by Crippen LogP contribution is -2.28. The Morgan fingerprint density at radius 2 is 0.380 bits per heavy atom. The van der Waals surface area contributed by atoms with E-state index in [-0.39, 0.29) is 66.8 Å². The summed E-state index contributed by atoms with van der Waals surface area (Å²) in [7, 11) is 0. The highest BCUT2D eigenvalue weighted by Crippen LogP contribution is 2.29. The van der Waals surface area contributed by atoms with Gasteiger partial charge in [-0.3, -0.25) is 48.7 Å². The minimum absolute atomic E-state index is 0.0711. The summed E-state index contributed by atoms with van der Waals surface area (Å²) < 4.78 is 0. The first-order valence-electron chi connectivity index (χ1n) is 32.8. The maximum atomic E-state index is 14.0. The molecule has 4 rings (SSSR count). The SMILES string of the molecule is CC(C)(C)OOC(=O)c1ccc(C(=O)c2ccc(C(=O)OOC(C)(C)C)c(C(=O)OOC(C)(C)C)c2)cc1C(=O)OOC(C)(C)C.CCCC(C)(C)OOC(=O)c1ccc(C(=O)c2ccc(C(=O)OOC(C)(C)CCC)c(C(=O)OOC(C)(C)CCC)c2)cc1C(=O)OOC(C)(C)CCC. The van der Waals surface area contributed by atoms with Gasteiger partial charge in [-0.2, -0.15) is 39.1 Å². The lowest BCUT2D eigenvalue weighted by molar-refractivity contribution is -0.309. The van der Waals surface area contributed by atoms with Gasteiger partial charge in [-0.25, -0.2) is 38.4 Å². The number of hydrogen-bond acceptors (Lipinski definition) is 26. The summed E-state index contributed by atoms with van der Waals surface area (Å²) in [5.74, 6) is -9.74. The molecule has 0 N–H and O–H groups in total. The van der Waals surface area contributed by atoms with Crippen LogP contribution in [-0.2, 0) is 78.2 Å². The van der Waals surface area contributed by atoms with Crippen LogP contribution < -0.4 is 0 Å². The van der Waals surface area contributed by atoms with Crippen molar-refractivity contribution in [3.63, 3.8) is 0 Å². The van der Waals surface area contributed by atoms with Crippen molar-refractivity contribution >= 4 is 59.3 Å². The van der Waals surface area contributed by atoms with Crippen LogP contribution >= 0.6 is 0 Å². The molecule has 0 atom stereocenters. The van der Waals surface area contributed by atoms with Crippen LogP contribution in [0, 0.1) is 0 Å². The Morgan fingerprint density at radius 1 is 0.230 bits per heavy atom. The molecule has 0 aliphatic carbocycles. The van der Waals surface area contributed by atoms with Crippen LogP contribution in [0.4, 0.5) is 0 Å². The van der Waals surface area contributed by atoms with E-state index in [1.54, 1.807) is 138 Å². The van der Waals surface area contributed by atoms with Crippen molar-refractivity contribution in [1.82, 2.24) is 0 Å². The molecule has 26 heteroatoms. The highest BCUT2D eigenvalue weighted by Gasteiger charge is 2.34. The summed E-state index contributed by atoms with van der Waals surface area (Å²) in [6.07, 6.45) is 5.31. The molecule has 0 heterocycles. The second-order valence-corrected chi connectivity index (χ2v) is 29.8. The highest BCUT2D eigenvalue weighted by molar-refractivity contribution is 6.15. The van der Waals surface area contributed by atoms with Crippen LogP contribution in [0.2, 0.25) is 0 Å². The first-order chi connectivity index (χ1) is 46.0. The summed E-state index contributed by atoms with van der Waals surface area (Å²) in [5.41, 5.74) is -9.55. The van der Waals surface area contributed by atoms with Crippen LogP contribution in [0.15, 0.2) is 72.8 Å². The molecule has 0 saturated carbocycles. The van der Waals surface area contributed by atoms with E-state index in [2.05, 4.69) is 0 Å². The molecule has 0 spiro atoms. The summed E-state index contributed by atoms with van der Waals surface area (Å²) >= 11 is 0. The molecule has 100 heavy (non-hydrogen) atoms. The zero-order valence-electron chi connectivity index (χ0n) is 62.2. The number of carbonyl (C=O) groups excluding carboxylic acids is 10. The van der Waals surface area contributed by atoms with Crippen molar-refractivity contribution in [2.75, 3.05) is 0 Å². The van der Waals surface area contributed by atoms with Crippen molar-refractivity contribution in [1.29, 1.82) is 0 Å². The second kappa shape index (κ2) is 36.3. The summed E-state index contributed by atoms with van der Waals surface area (Å²) in [6, 6.07) is 14.4. The van der Waals surface area contributed by atoms with Crippen LogP contribution in [0.5, 0.6) is 0 Å². The normalized spacial score (nSPS) is 12.2. The van der Waals surface area contributed by atoms with E-state index in [0.717, 1.165) is 49.9 Å². The Labute approximate surface area is 585 Å². The minimum atomic E-state index is -1.09. The zero-order valence-corrected chi connectivity index (χ0v) is 62.2. The van der Waals surface area contributed by atoms with E-state index in [1.165, 1.54) is 48.5 Å².